The number of unbranched alkanes of at least 4 members (excludes halogenated alkanes) is 26. The normalized spacial score (nSPS) is 13.0. The topological polar surface area (TPSA) is 78.9 Å². The van der Waals surface area contributed by atoms with Gasteiger partial charge in [-0.1, -0.05) is 282 Å². The third-order valence-corrected chi connectivity index (χ3v) is 14.3. The van der Waals surface area contributed by atoms with E-state index in [1.54, 1.807) is 0 Å². The van der Waals surface area contributed by atoms with Gasteiger partial charge in [0.2, 0.25) is 0 Å². The first kappa shape index (κ1) is 78.3. The second-order valence-electron chi connectivity index (χ2n) is 22.3. The highest BCUT2D eigenvalue weighted by Gasteiger charge is 2.19. The molecular weight excluding hydrogens is 1020 g/mol. The minimum atomic E-state index is -0.803. The molecule has 0 N–H and O–H groups in total. The Bertz CT molecular complexity index is 1800. The van der Waals surface area contributed by atoms with Gasteiger partial charge in [-0.15, -0.1) is 0 Å². The third kappa shape index (κ3) is 68.0. The molecule has 0 saturated carbocycles. The summed E-state index contributed by atoms with van der Waals surface area (Å²) in [6.45, 7) is 6.46. The summed E-state index contributed by atoms with van der Waals surface area (Å²) in [5.41, 5.74) is 0. The van der Waals surface area contributed by atoms with Crippen LogP contribution in [0.25, 0.3) is 0 Å². The predicted octanol–water partition coefficient (Wildman–Crippen LogP) is 23.9. The summed E-state index contributed by atoms with van der Waals surface area (Å²) in [4.78, 5) is 38.5. The Morgan fingerprint density at radius 2 is 0.470 bits per heavy atom. The van der Waals surface area contributed by atoms with Crippen LogP contribution in [0, 0.1) is 0 Å². The molecule has 0 aromatic carbocycles. The van der Waals surface area contributed by atoms with E-state index >= 15 is 0 Å². The first-order valence-corrected chi connectivity index (χ1v) is 34.3. The number of allylic oxidation sites excluding steroid dienone is 24. The fourth-order valence-electron chi connectivity index (χ4n) is 9.17. The Morgan fingerprint density at radius 1 is 0.253 bits per heavy atom. The van der Waals surface area contributed by atoms with Gasteiger partial charge < -0.3 is 14.2 Å². The quantitative estimate of drug-likeness (QED) is 0.0261. The highest BCUT2D eigenvalue weighted by molar-refractivity contribution is 5.71. The molecule has 83 heavy (non-hydrogen) atoms. The van der Waals surface area contributed by atoms with Gasteiger partial charge in [0.25, 0.3) is 0 Å². The van der Waals surface area contributed by atoms with Crippen LogP contribution in [0.15, 0.2) is 146 Å². The van der Waals surface area contributed by atoms with E-state index in [0.29, 0.717) is 19.3 Å². The number of esters is 3. The first-order chi connectivity index (χ1) is 41.0. The van der Waals surface area contributed by atoms with Crippen LogP contribution < -0.4 is 0 Å². The zero-order chi connectivity index (χ0) is 59.9. The van der Waals surface area contributed by atoms with Gasteiger partial charge in [0.1, 0.15) is 13.2 Å². The minimum Gasteiger partial charge on any atom is -0.462 e. The standard InChI is InChI=1S/C77H126O6/c1-4-7-10-13-16-19-22-25-28-31-34-35-36-37-38-39-40-41-44-46-49-52-55-58-61-64-67-70-76(79)82-73-74(83-77(80)71-68-65-62-59-56-53-50-47-43-33-30-27-24-21-18-15-12-9-6-3)72-81-75(78)69-66-63-60-57-54-51-48-45-42-32-29-26-23-20-17-14-11-8-5-2/h7,10,16-21,25-30,34-35,37-38,40-43,45,47,74H,4-6,8-9,11-15,22-24,31-33,36,39,44,46,48-73H2,1-3H3/b10-7-,19-16-,20-17-,21-18-,28-25-,29-26-,30-27-,35-34-,38-37-,41-40-,45-42-,47-43-. The SMILES string of the molecule is CC/C=C\C/C=C\C/C=C\C/C=C\C/C=C\C/C=C\CCCCCCCCCCC(=O)OCC(COC(=O)CCCCCCCC/C=C\C/C=C\C/C=C\CCCCC)OC(=O)CCCCCCCC/C=C\C/C=C\C/C=C\CCCCC. The van der Waals surface area contributed by atoms with Crippen LogP contribution in [-0.4, -0.2) is 37.2 Å². The van der Waals surface area contributed by atoms with Gasteiger partial charge in [-0.3, -0.25) is 14.4 Å². The van der Waals surface area contributed by atoms with Gasteiger partial charge in [-0.2, -0.15) is 0 Å². The van der Waals surface area contributed by atoms with E-state index in [4.69, 9.17) is 14.2 Å². The Balaban J connectivity index is 4.45. The lowest BCUT2D eigenvalue weighted by Gasteiger charge is -2.18. The number of rotatable bonds is 61. The van der Waals surface area contributed by atoms with Crippen LogP contribution >= 0.6 is 0 Å². The Kier molecular flexibility index (Phi) is 65.8. The number of carbonyl (C=O) groups excluding carboxylic acids is 3. The highest BCUT2D eigenvalue weighted by atomic mass is 16.6. The van der Waals surface area contributed by atoms with E-state index in [1.807, 2.05) is 0 Å². The van der Waals surface area contributed by atoms with Crippen molar-refractivity contribution in [2.24, 2.45) is 0 Å². The maximum atomic E-state index is 13.0. The van der Waals surface area contributed by atoms with Crippen LogP contribution in [0.2, 0.25) is 0 Å². The van der Waals surface area contributed by atoms with Crippen LogP contribution in [0.3, 0.4) is 0 Å². The van der Waals surface area contributed by atoms with Crippen molar-refractivity contribution in [1.29, 1.82) is 0 Å². The van der Waals surface area contributed by atoms with E-state index in [-0.39, 0.29) is 31.1 Å². The summed E-state index contributed by atoms with van der Waals surface area (Å²) in [6.07, 6.45) is 99.9. The second kappa shape index (κ2) is 69.8. The van der Waals surface area contributed by atoms with Crippen molar-refractivity contribution in [3.8, 4) is 0 Å². The molecule has 1 unspecified atom stereocenters. The maximum absolute atomic E-state index is 13.0. The molecule has 0 aliphatic carbocycles. The summed E-state index contributed by atoms with van der Waals surface area (Å²) in [7, 11) is 0. The molecule has 0 bridgehead atoms. The van der Waals surface area contributed by atoms with Crippen LogP contribution in [-0.2, 0) is 28.6 Å². The van der Waals surface area contributed by atoms with E-state index in [0.717, 1.165) is 154 Å². The van der Waals surface area contributed by atoms with E-state index in [1.165, 1.54) is 109 Å². The lowest BCUT2D eigenvalue weighted by atomic mass is 10.1. The fourth-order valence-corrected chi connectivity index (χ4v) is 9.17. The molecule has 6 heteroatoms. The predicted molar refractivity (Wildman–Crippen MR) is 362 cm³/mol. The molecule has 0 aliphatic rings. The average molecular weight is 1150 g/mol. The molecule has 0 aromatic rings. The molecule has 0 saturated heterocycles. The minimum absolute atomic E-state index is 0.0968. The molecule has 0 rings (SSSR count). The lowest BCUT2D eigenvalue weighted by molar-refractivity contribution is -0.167. The van der Waals surface area contributed by atoms with E-state index in [9.17, 15) is 14.4 Å². The van der Waals surface area contributed by atoms with Crippen molar-refractivity contribution in [2.75, 3.05) is 13.2 Å². The van der Waals surface area contributed by atoms with Crippen molar-refractivity contribution in [3.05, 3.63) is 146 Å². The zero-order valence-corrected chi connectivity index (χ0v) is 53.9. The summed E-state index contributed by atoms with van der Waals surface area (Å²) >= 11 is 0. The molecule has 0 radical (unpaired) electrons. The van der Waals surface area contributed by atoms with Gasteiger partial charge in [0, 0.05) is 19.3 Å². The molecule has 0 aliphatic heterocycles. The van der Waals surface area contributed by atoms with Crippen molar-refractivity contribution in [2.45, 2.75) is 309 Å². The van der Waals surface area contributed by atoms with E-state index < -0.39 is 6.10 Å². The van der Waals surface area contributed by atoms with E-state index in [2.05, 4.69) is 167 Å². The first-order valence-electron chi connectivity index (χ1n) is 34.3. The smallest absolute Gasteiger partial charge is 0.306 e. The lowest BCUT2D eigenvalue weighted by Crippen LogP contribution is -2.30. The van der Waals surface area contributed by atoms with Gasteiger partial charge in [0.15, 0.2) is 6.10 Å². The summed E-state index contributed by atoms with van der Waals surface area (Å²) in [5, 5.41) is 0. The molecule has 0 heterocycles. The number of ether oxygens (including phenoxy) is 3. The van der Waals surface area contributed by atoms with Crippen LogP contribution in [0.1, 0.15) is 303 Å². The Hall–Kier alpha value is -4.71. The second-order valence-corrected chi connectivity index (χ2v) is 22.3. The maximum Gasteiger partial charge on any atom is 0.306 e. The summed E-state index contributed by atoms with van der Waals surface area (Å²) < 4.78 is 17.0. The molecule has 0 fully saturated rings. The molecule has 1 atom stereocenters. The molecule has 0 amide bonds. The summed E-state index contributed by atoms with van der Waals surface area (Å²) in [6, 6.07) is 0. The molecule has 0 aromatic heterocycles. The van der Waals surface area contributed by atoms with Gasteiger partial charge in [0.05, 0.1) is 0 Å². The zero-order valence-electron chi connectivity index (χ0n) is 53.9. The molecule has 0 spiro atoms. The van der Waals surface area contributed by atoms with Crippen LogP contribution in [0.4, 0.5) is 0 Å². The monoisotopic (exact) mass is 1150 g/mol. The number of hydrogen-bond donors (Lipinski definition) is 0. The number of carbonyl (C=O) groups is 3. The third-order valence-electron chi connectivity index (χ3n) is 14.3. The largest absolute Gasteiger partial charge is 0.462 e. The summed E-state index contributed by atoms with van der Waals surface area (Å²) in [5.74, 6) is -0.925. The fraction of sp³-hybridized carbons (Fsp3) is 0.649. The Morgan fingerprint density at radius 3 is 0.735 bits per heavy atom. The highest BCUT2D eigenvalue weighted by Crippen LogP contribution is 2.15. The van der Waals surface area contributed by atoms with Gasteiger partial charge in [-0.05, 0) is 148 Å². The number of hydrogen-bond acceptors (Lipinski definition) is 6. The van der Waals surface area contributed by atoms with Gasteiger partial charge >= 0.3 is 17.9 Å². The van der Waals surface area contributed by atoms with Gasteiger partial charge in [-0.25, -0.2) is 0 Å². The molecule has 6 nitrogen and oxygen atoms in total. The van der Waals surface area contributed by atoms with Crippen LogP contribution in [0.5, 0.6) is 0 Å². The van der Waals surface area contributed by atoms with Crippen molar-refractivity contribution in [1.82, 2.24) is 0 Å². The molecular formula is C77H126O6. The average Bonchev–Trinajstić information content (AvgIpc) is 3.50. The van der Waals surface area contributed by atoms with Crippen molar-refractivity contribution >= 4 is 17.9 Å². The molecule has 470 valence electrons. The Labute approximate surface area is 512 Å². The van der Waals surface area contributed by atoms with Crippen molar-refractivity contribution in [3.63, 3.8) is 0 Å². The van der Waals surface area contributed by atoms with Crippen molar-refractivity contribution < 1.29 is 28.6 Å².